The molecule has 0 amide bonds. The molecule has 0 radical (unpaired) electrons. The lowest BCUT2D eigenvalue weighted by molar-refractivity contribution is 0.0845. The zero-order valence-electron chi connectivity index (χ0n) is 20.7. The van der Waals surface area contributed by atoms with Crippen molar-refractivity contribution in [3.8, 4) is 22.8 Å². The number of aromatic nitrogens is 3. The first-order chi connectivity index (χ1) is 17.9. The molecule has 1 fully saturated rings. The van der Waals surface area contributed by atoms with Crippen LogP contribution in [-0.2, 0) is 9.30 Å². The van der Waals surface area contributed by atoms with Crippen molar-refractivity contribution in [1.82, 2.24) is 15.2 Å². The number of pyridine rings is 1. The summed E-state index contributed by atoms with van der Waals surface area (Å²) in [7, 11) is -2.37. The zero-order chi connectivity index (χ0) is 25.6. The van der Waals surface area contributed by atoms with Gasteiger partial charge in [-0.1, -0.05) is 12.1 Å². The third-order valence-corrected chi connectivity index (χ3v) is 8.51. The van der Waals surface area contributed by atoms with Crippen molar-refractivity contribution in [2.45, 2.75) is 18.8 Å². The monoisotopic (exact) mass is 515 g/mol. The third kappa shape index (κ3) is 4.65. The van der Waals surface area contributed by atoms with E-state index in [0.29, 0.717) is 24.8 Å². The number of hydrogen-bond acceptors (Lipinski definition) is 5. The summed E-state index contributed by atoms with van der Waals surface area (Å²) in [6.45, 7) is 4.84. The molecule has 0 atom stereocenters. The van der Waals surface area contributed by atoms with E-state index >= 15 is 0 Å². The van der Waals surface area contributed by atoms with Gasteiger partial charge in [0.05, 0.1) is 17.4 Å². The van der Waals surface area contributed by atoms with Crippen LogP contribution in [0, 0.1) is 5.82 Å². The highest BCUT2D eigenvalue weighted by atomic mass is 31.2. The van der Waals surface area contributed by atoms with Crippen LogP contribution < -0.4 is 10.0 Å². The molecule has 1 aliphatic rings. The Morgan fingerprint density at radius 1 is 1.00 bits per heavy atom. The van der Waals surface area contributed by atoms with Gasteiger partial charge in [-0.05, 0) is 85.7 Å². The lowest BCUT2D eigenvalue weighted by atomic mass is 9.87. The third-order valence-electron chi connectivity index (χ3n) is 6.97. The molecular weight excluding hydrogens is 488 g/mol. The van der Waals surface area contributed by atoms with Gasteiger partial charge in [0.2, 0.25) is 5.88 Å². The molecule has 8 heteroatoms. The minimum absolute atomic E-state index is 0.175. The van der Waals surface area contributed by atoms with Gasteiger partial charge in [0, 0.05) is 40.8 Å². The Morgan fingerprint density at radius 3 is 2.43 bits per heavy atom. The fraction of sp³-hybridized carbons (Fsp3) is 0.241. The minimum Gasteiger partial charge on any atom is -0.438 e. The maximum Gasteiger partial charge on any atom is 0.227 e. The molecule has 2 aromatic heterocycles. The Morgan fingerprint density at radius 2 is 1.73 bits per heavy atom. The van der Waals surface area contributed by atoms with E-state index in [2.05, 4.69) is 16.3 Å². The van der Waals surface area contributed by atoms with E-state index in [1.165, 1.54) is 12.1 Å². The first-order valence-electron chi connectivity index (χ1n) is 12.3. The maximum atomic E-state index is 13.9. The van der Waals surface area contributed by atoms with Gasteiger partial charge < -0.3 is 14.0 Å². The van der Waals surface area contributed by atoms with Crippen LogP contribution in [0.1, 0.15) is 24.5 Å². The molecular formula is C29H27FN3O3P. The standard InChI is InChI=1S/C29H27FN3O3P/c1-37(2,34)23-9-7-22(8-10-23)36-29-25-16-26-20(17-31-33-26)15-24(25)27(18-3-5-21(30)6-4-18)28(32-29)19-11-13-35-14-12-19/h3-10,15-17,19H,11-14H2,1-2H3,(H,31,33). The number of nitrogens with one attached hydrogen (secondary N) is 1. The average Bonchev–Trinajstić information content (AvgIpc) is 3.36. The summed E-state index contributed by atoms with van der Waals surface area (Å²) in [5.41, 5.74) is 3.67. The first kappa shape index (κ1) is 23.8. The maximum absolute atomic E-state index is 13.9. The SMILES string of the molecule is CP(C)(=O)c1ccc(Oc2nc(C3CCOCC3)c(-c3ccc(F)cc3)c3cc4cn[nH]c4cc23)cc1. The van der Waals surface area contributed by atoms with Crippen molar-refractivity contribution in [2.75, 3.05) is 26.5 Å². The van der Waals surface area contributed by atoms with E-state index in [1.807, 2.05) is 30.3 Å². The Bertz CT molecular complexity index is 1640. The summed E-state index contributed by atoms with van der Waals surface area (Å²) in [6.07, 6.45) is 3.49. The van der Waals surface area contributed by atoms with Crippen LogP contribution in [0.2, 0.25) is 0 Å². The van der Waals surface area contributed by atoms with Gasteiger partial charge in [-0.2, -0.15) is 5.10 Å². The average molecular weight is 516 g/mol. The van der Waals surface area contributed by atoms with E-state index in [1.54, 1.807) is 31.7 Å². The molecule has 0 bridgehead atoms. The van der Waals surface area contributed by atoms with Gasteiger partial charge in [-0.15, -0.1) is 0 Å². The molecule has 6 rings (SSSR count). The van der Waals surface area contributed by atoms with E-state index in [0.717, 1.165) is 56.6 Å². The number of aromatic amines is 1. The lowest BCUT2D eigenvalue weighted by Gasteiger charge is -2.26. The molecule has 5 aromatic rings. The number of H-pyrrole nitrogens is 1. The summed E-state index contributed by atoms with van der Waals surface area (Å²) < 4.78 is 38.4. The van der Waals surface area contributed by atoms with Crippen LogP contribution in [-0.4, -0.2) is 41.7 Å². The van der Waals surface area contributed by atoms with E-state index in [4.69, 9.17) is 14.5 Å². The summed E-state index contributed by atoms with van der Waals surface area (Å²) in [6, 6.07) is 18.0. The van der Waals surface area contributed by atoms with Gasteiger partial charge in [-0.3, -0.25) is 5.10 Å². The van der Waals surface area contributed by atoms with Gasteiger partial charge in [0.25, 0.3) is 0 Å². The minimum atomic E-state index is -2.37. The summed E-state index contributed by atoms with van der Waals surface area (Å²) >= 11 is 0. The van der Waals surface area contributed by atoms with Crippen LogP contribution in [0.5, 0.6) is 11.6 Å². The number of fused-ring (bicyclic) bond motifs is 2. The summed E-state index contributed by atoms with van der Waals surface area (Å²) in [5.74, 6) is 0.998. The molecule has 6 nitrogen and oxygen atoms in total. The molecule has 0 unspecified atom stereocenters. The van der Waals surface area contributed by atoms with Gasteiger partial charge in [-0.25, -0.2) is 9.37 Å². The van der Waals surface area contributed by atoms with Crippen LogP contribution in [0.15, 0.2) is 66.9 Å². The number of rotatable bonds is 5. The van der Waals surface area contributed by atoms with Gasteiger partial charge in [0.15, 0.2) is 0 Å². The topological polar surface area (TPSA) is 77.1 Å². The quantitative estimate of drug-likeness (QED) is 0.259. The molecule has 0 aliphatic carbocycles. The molecule has 1 N–H and O–H groups in total. The summed E-state index contributed by atoms with van der Waals surface area (Å²) in [4.78, 5) is 5.12. The highest BCUT2D eigenvalue weighted by Gasteiger charge is 2.26. The molecule has 0 saturated carbocycles. The van der Waals surface area contributed by atoms with Crippen molar-refractivity contribution in [1.29, 1.82) is 0 Å². The largest absolute Gasteiger partial charge is 0.438 e. The summed E-state index contributed by atoms with van der Waals surface area (Å²) in [5, 5.41) is 10.8. The van der Waals surface area contributed by atoms with E-state index in [9.17, 15) is 8.96 Å². The lowest BCUT2D eigenvalue weighted by Crippen LogP contribution is -2.16. The first-order valence-corrected chi connectivity index (χ1v) is 14.9. The number of halogens is 1. The molecule has 188 valence electrons. The van der Waals surface area contributed by atoms with Gasteiger partial charge >= 0.3 is 0 Å². The van der Waals surface area contributed by atoms with Crippen molar-refractivity contribution in [2.24, 2.45) is 0 Å². The van der Waals surface area contributed by atoms with Crippen LogP contribution >= 0.6 is 7.14 Å². The second-order valence-corrected chi connectivity index (χ2v) is 13.1. The fourth-order valence-corrected chi connectivity index (χ4v) is 5.85. The highest BCUT2D eigenvalue weighted by molar-refractivity contribution is 7.70. The van der Waals surface area contributed by atoms with E-state index < -0.39 is 7.14 Å². The Hall–Kier alpha value is -3.54. The predicted octanol–water partition coefficient (Wildman–Crippen LogP) is 6.85. The Kier molecular flexibility index (Phi) is 6.06. The van der Waals surface area contributed by atoms with Crippen molar-refractivity contribution >= 4 is 34.1 Å². The molecule has 1 saturated heterocycles. The van der Waals surface area contributed by atoms with Crippen LogP contribution in [0.3, 0.4) is 0 Å². The van der Waals surface area contributed by atoms with Crippen molar-refractivity contribution in [3.63, 3.8) is 0 Å². The number of ether oxygens (including phenoxy) is 2. The predicted molar refractivity (Wildman–Crippen MR) is 145 cm³/mol. The van der Waals surface area contributed by atoms with Crippen molar-refractivity contribution in [3.05, 3.63) is 78.4 Å². The molecule has 1 aliphatic heterocycles. The number of benzene rings is 3. The van der Waals surface area contributed by atoms with E-state index in [-0.39, 0.29) is 11.7 Å². The normalized spacial score (nSPS) is 14.9. The molecule has 0 spiro atoms. The molecule has 3 aromatic carbocycles. The Labute approximate surface area is 214 Å². The second kappa shape index (κ2) is 9.40. The highest BCUT2D eigenvalue weighted by Crippen LogP contribution is 2.43. The smallest absolute Gasteiger partial charge is 0.227 e. The Balaban J connectivity index is 1.58. The fourth-order valence-electron chi connectivity index (χ4n) is 4.99. The number of hydrogen-bond donors (Lipinski definition) is 1. The van der Waals surface area contributed by atoms with Crippen LogP contribution in [0.25, 0.3) is 32.8 Å². The zero-order valence-corrected chi connectivity index (χ0v) is 21.6. The molecule has 37 heavy (non-hydrogen) atoms. The molecule has 3 heterocycles. The van der Waals surface area contributed by atoms with Crippen molar-refractivity contribution < 1.29 is 18.4 Å². The number of nitrogens with zero attached hydrogens (tertiary/aromatic N) is 2. The van der Waals surface area contributed by atoms with Crippen LogP contribution in [0.4, 0.5) is 4.39 Å². The second-order valence-electron chi connectivity index (χ2n) is 9.87. The van der Waals surface area contributed by atoms with Gasteiger partial charge in [0.1, 0.15) is 18.7 Å².